The van der Waals surface area contributed by atoms with Crippen LogP contribution < -0.4 is 5.73 Å². The molecule has 12 heavy (non-hydrogen) atoms. The van der Waals surface area contributed by atoms with Crippen molar-refractivity contribution in [3.8, 4) is 0 Å². The molecule has 1 aromatic rings. The first kappa shape index (κ1) is 9.01. The molecular formula is C11H15N. The Labute approximate surface area is 73.9 Å². The van der Waals surface area contributed by atoms with Crippen LogP contribution in [0.15, 0.2) is 36.4 Å². The highest BCUT2D eigenvalue weighted by molar-refractivity contribution is 5.65. The smallest absolute Gasteiger partial charge is 0.0112 e. The molecule has 0 unspecified atom stereocenters. The molecule has 0 aliphatic rings. The van der Waals surface area contributed by atoms with Gasteiger partial charge in [0.25, 0.3) is 0 Å². The third-order valence-electron chi connectivity index (χ3n) is 1.89. The van der Waals surface area contributed by atoms with Crippen molar-refractivity contribution in [1.29, 1.82) is 0 Å². The van der Waals surface area contributed by atoms with Crippen molar-refractivity contribution < 1.29 is 0 Å². The maximum atomic E-state index is 5.47. The van der Waals surface area contributed by atoms with Gasteiger partial charge in [-0.3, -0.25) is 0 Å². The van der Waals surface area contributed by atoms with E-state index >= 15 is 0 Å². The number of hydrogen-bond donors (Lipinski definition) is 1. The van der Waals surface area contributed by atoms with Crippen molar-refractivity contribution in [3.05, 3.63) is 42.0 Å². The molecule has 0 saturated heterocycles. The van der Waals surface area contributed by atoms with Gasteiger partial charge in [-0.25, -0.2) is 0 Å². The predicted octanol–water partition coefficient (Wildman–Crippen LogP) is 2.44. The third kappa shape index (κ3) is 2.21. The van der Waals surface area contributed by atoms with Crippen LogP contribution in [0.3, 0.4) is 0 Å². The molecular weight excluding hydrogens is 146 g/mol. The molecule has 1 nitrogen and oxygen atoms in total. The van der Waals surface area contributed by atoms with Gasteiger partial charge in [0.2, 0.25) is 0 Å². The van der Waals surface area contributed by atoms with Gasteiger partial charge >= 0.3 is 0 Å². The molecule has 0 radical (unpaired) electrons. The van der Waals surface area contributed by atoms with E-state index in [9.17, 15) is 0 Å². The summed E-state index contributed by atoms with van der Waals surface area (Å²) in [5, 5.41) is 0. The van der Waals surface area contributed by atoms with Crippen LogP contribution in [0, 0.1) is 0 Å². The molecule has 0 fully saturated rings. The summed E-state index contributed by atoms with van der Waals surface area (Å²) < 4.78 is 0. The normalized spacial score (nSPS) is 11.7. The van der Waals surface area contributed by atoms with Gasteiger partial charge in [-0.1, -0.05) is 43.3 Å². The van der Waals surface area contributed by atoms with Gasteiger partial charge in [0.1, 0.15) is 0 Å². The maximum Gasteiger partial charge on any atom is 0.0112 e. The highest BCUT2D eigenvalue weighted by Gasteiger charge is 1.95. The van der Waals surface area contributed by atoms with E-state index in [2.05, 4.69) is 37.3 Å². The van der Waals surface area contributed by atoms with Gasteiger partial charge in [0.15, 0.2) is 0 Å². The van der Waals surface area contributed by atoms with Crippen molar-refractivity contribution in [3.63, 3.8) is 0 Å². The summed E-state index contributed by atoms with van der Waals surface area (Å²) in [6.07, 6.45) is 3.12. The van der Waals surface area contributed by atoms with Crippen LogP contribution in [0.25, 0.3) is 5.57 Å². The number of allylic oxidation sites excluding steroid dienone is 1. The van der Waals surface area contributed by atoms with Crippen LogP contribution in [0.4, 0.5) is 0 Å². The van der Waals surface area contributed by atoms with Gasteiger partial charge in [-0.2, -0.15) is 0 Å². The lowest BCUT2D eigenvalue weighted by Gasteiger charge is -2.03. The average molecular weight is 161 g/mol. The fourth-order valence-electron chi connectivity index (χ4n) is 1.26. The van der Waals surface area contributed by atoms with E-state index in [-0.39, 0.29) is 0 Å². The fourth-order valence-corrected chi connectivity index (χ4v) is 1.26. The Morgan fingerprint density at radius 3 is 2.50 bits per heavy atom. The number of hydrogen-bond acceptors (Lipinski definition) is 1. The predicted molar refractivity (Wildman–Crippen MR) is 53.8 cm³/mol. The second kappa shape index (κ2) is 4.73. The summed E-state index contributed by atoms with van der Waals surface area (Å²) >= 11 is 0. The Morgan fingerprint density at radius 2 is 2.00 bits per heavy atom. The van der Waals surface area contributed by atoms with Crippen LogP contribution in [0.1, 0.15) is 18.9 Å². The fraction of sp³-hybridized carbons (Fsp3) is 0.273. The lowest BCUT2D eigenvalue weighted by atomic mass is 10.0. The number of rotatable bonds is 3. The largest absolute Gasteiger partial charge is 0.327 e. The molecule has 1 heteroatoms. The average Bonchev–Trinajstić information content (AvgIpc) is 2.15. The Balaban J connectivity index is 2.88. The number of benzene rings is 1. The minimum atomic E-state index is 0.623. The molecule has 0 aliphatic heterocycles. The third-order valence-corrected chi connectivity index (χ3v) is 1.89. The molecule has 0 heterocycles. The van der Waals surface area contributed by atoms with E-state index in [0.717, 1.165) is 6.42 Å². The van der Waals surface area contributed by atoms with Crippen molar-refractivity contribution in [1.82, 2.24) is 0 Å². The zero-order chi connectivity index (χ0) is 8.81. The summed E-state index contributed by atoms with van der Waals surface area (Å²) in [5.74, 6) is 0. The van der Waals surface area contributed by atoms with Crippen molar-refractivity contribution >= 4 is 5.57 Å². The Morgan fingerprint density at radius 1 is 1.33 bits per heavy atom. The van der Waals surface area contributed by atoms with Crippen LogP contribution >= 0.6 is 0 Å². The van der Waals surface area contributed by atoms with Crippen LogP contribution in [-0.4, -0.2) is 6.54 Å². The molecule has 0 atom stereocenters. The SMILES string of the molecule is CCC(=CCN)c1ccccc1. The highest BCUT2D eigenvalue weighted by atomic mass is 14.5. The van der Waals surface area contributed by atoms with Gasteiger partial charge < -0.3 is 5.73 Å². The maximum absolute atomic E-state index is 5.47. The van der Waals surface area contributed by atoms with E-state index < -0.39 is 0 Å². The molecule has 2 N–H and O–H groups in total. The second-order valence-corrected chi connectivity index (χ2v) is 2.68. The minimum Gasteiger partial charge on any atom is -0.327 e. The minimum absolute atomic E-state index is 0.623. The molecule has 0 saturated carbocycles. The molecule has 1 rings (SSSR count). The summed E-state index contributed by atoms with van der Waals surface area (Å²) in [6.45, 7) is 2.77. The first-order chi connectivity index (χ1) is 5.88. The highest BCUT2D eigenvalue weighted by Crippen LogP contribution is 2.16. The summed E-state index contributed by atoms with van der Waals surface area (Å²) in [7, 11) is 0. The first-order valence-corrected chi connectivity index (χ1v) is 4.33. The lowest BCUT2D eigenvalue weighted by molar-refractivity contribution is 1.19. The van der Waals surface area contributed by atoms with Gasteiger partial charge in [-0.15, -0.1) is 0 Å². The summed E-state index contributed by atoms with van der Waals surface area (Å²) in [4.78, 5) is 0. The first-order valence-electron chi connectivity index (χ1n) is 4.33. The van der Waals surface area contributed by atoms with Crippen LogP contribution in [0.5, 0.6) is 0 Å². The Kier molecular flexibility index (Phi) is 3.55. The van der Waals surface area contributed by atoms with Crippen molar-refractivity contribution in [2.75, 3.05) is 6.54 Å². The monoisotopic (exact) mass is 161 g/mol. The molecule has 1 aromatic carbocycles. The molecule has 64 valence electrons. The molecule has 0 aromatic heterocycles. The molecule has 0 spiro atoms. The standard InChI is InChI=1S/C11H15N/c1-2-10(8-9-12)11-6-4-3-5-7-11/h3-8H,2,9,12H2,1H3. The molecule has 0 aliphatic carbocycles. The van der Waals surface area contributed by atoms with E-state index in [1.54, 1.807) is 0 Å². The topological polar surface area (TPSA) is 26.0 Å². The lowest BCUT2D eigenvalue weighted by Crippen LogP contribution is -1.95. The Bertz CT molecular complexity index is 249. The van der Waals surface area contributed by atoms with E-state index in [0.29, 0.717) is 6.54 Å². The zero-order valence-corrected chi connectivity index (χ0v) is 7.46. The number of nitrogens with two attached hydrogens (primary N) is 1. The zero-order valence-electron chi connectivity index (χ0n) is 7.46. The van der Waals surface area contributed by atoms with E-state index in [1.165, 1.54) is 11.1 Å². The van der Waals surface area contributed by atoms with E-state index in [1.807, 2.05) is 6.07 Å². The van der Waals surface area contributed by atoms with Crippen molar-refractivity contribution in [2.24, 2.45) is 5.73 Å². The van der Waals surface area contributed by atoms with E-state index in [4.69, 9.17) is 5.73 Å². The molecule has 0 amide bonds. The quantitative estimate of drug-likeness (QED) is 0.724. The van der Waals surface area contributed by atoms with Gasteiger partial charge in [-0.05, 0) is 17.6 Å². The van der Waals surface area contributed by atoms with Crippen LogP contribution in [-0.2, 0) is 0 Å². The Hall–Kier alpha value is -1.08. The van der Waals surface area contributed by atoms with Gasteiger partial charge in [0.05, 0.1) is 0 Å². The second-order valence-electron chi connectivity index (χ2n) is 2.68. The summed E-state index contributed by atoms with van der Waals surface area (Å²) in [5.41, 5.74) is 8.08. The van der Waals surface area contributed by atoms with Crippen molar-refractivity contribution in [2.45, 2.75) is 13.3 Å². The molecule has 0 bridgehead atoms. The van der Waals surface area contributed by atoms with Crippen LogP contribution in [0.2, 0.25) is 0 Å². The summed E-state index contributed by atoms with van der Waals surface area (Å²) in [6, 6.07) is 10.4. The van der Waals surface area contributed by atoms with Gasteiger partial charge in [0, 0.05) is 6.54 Å².